The van der Waals surface area contributed by atoms with Gasteiger partial charge in [0.15, 0.2) is 0 Å². The SMILES string of the molecule is CC(=O)CC(=O)NCCN.[Cu]. The van der Waals surface area contributed by atoms with Gasteiger partial charge < -0.3 is 11.1 Å². The fraction of sp³-hybridized carbons (Fsp3) is 0.667. The number of amides is 1. The first-order valence-electron chi connectivity index (χ1n) is 3.13. The second-order valence-electron chi connectivity index (χ2n) is 2.02. The Morgan fingerprint density at radius 1 is 1.45 bits per heavy atom. The summed E-state index contributed by atoms with van der Waals surface area (Å²) in [6.07, 6.45) is -0.0417. The number of ketones is 1. The van der Waals surface area contributed by atoms with E-state index in [1.54, 1.807) is 0 Å². The van der Waals surface area contributed by atoms with Gasteiger partial charge in [0.1, 0.15) is 5.78 Å². The molecule has 0 aromatic rings. The molecular weight excluding hydrogens is 196 g/mol. The Hall–Kier alpha value is -0.381. The Balaban J connectivity index is 0. The molecule has 4 nitrogen and oxygen atoms in total. The van der Waals surface area contributed by atoms with E-state index in [-0.39, 0.29) is 35.2 Å². The molecule has 3 N–H and O–H groups in total. The van der Waals surface area contributed by atoms with Crippen molar-refractivity contribution in [1.82, 2.24) is 5.32 Å². The van der Waals surface area contributed by atoms with Crippen LogP contribution in [0.3, 0.4) is 0 Å². The van der Waals surface area contributed by atoms with Crippen molar-refractivity contribution in [3.8, 4) is 0 Å². The maximum Gasteiger partial charge on any atom is 0.227 e. The van der Waals surface area contributed by atoms with E-state index in [1.165, 1.54) is 6.92 Å². The van der Waals surface area contributed by atoms with E-state index in [9.17, 15) is 9.59 Å². The molecule has 0 atom stereocenters. The Bertz CT molecular complexity index is 139. The molecule has 0 unspecified atom stereocenters. The number of carbonyl (C=O) groups is 2. The number of Topliss-reactive ketones (excluding diaryl/α,β-unsaturated/α-hetero) is 1. The fourth-order valence-corrected chi connectivity index (χ4v) is 0.500. The average molecular weight is 208 g/mol. The normalized spacial score (nSPS) is 8.18. The molecule has 0 aromatic heterocycles. The van der Waals surface area contributed by atoms with E-state index < -0.39 is 0 Å². The van der Waals surface area contributed by atoms with Gasteiger partial charge in [-0.25, -0.2) is 0 Å². The number of hydrogen-bond acceptors (Lipinski definition) is 3. The Morgan fingerprint density at radius 3 is 2.36 bits per heavy atom. The van der Waals surface area contributed by atoms with Crippen LogP contribution in [-0.4, -0.2) is 24.8 Å². The molecule has 0 bridgehead atoms. The average Bonchev–Trinajstić information content (AvgIpc) is 1.82. The Morgan fingerprint density at radius 2 is 2.00 bits per heavy atom. The molecule has 0 spiro atoms. The summed E-state index contributed by atoms with van der Waals surface area (Å²) in [5.74, 6) is -0.382. The minimum absolute atomic E-state index is 0. The molecule has 0 saturated carbocycles. The molecule has 0 aliphatic rings. The Kier molecular flexibility index (Phi) is 9.29. The molecule has 69 valence electrons. The third-order valence-corrected chi connectivity index (χ3v) is 0.876. The molecule has 1 radical (unpaired) electrons. The van der Waals surface area contributed by atoms with Gasteiger partial charge in [-0.15, -0.1) is 0 Å². The largest absolute Gasteiger partial charge is 0.354 e. The summed E-state index contributed by atoms with van der Waals surface area (Å²) < 4.78 is 0. The van der Waals surface area contributed by atoms with E-state index in [0.29, 0.717) is 13.1 Å². The molecular formula is C6H12CuN2O2. The smallest absolute Gasteiger partial charge is 0.227 e. The van der Waals surface area contributed by atoms with Gasteiger partial charge in [-0.3, -0.25) is 9.59 Å². The van der Waals surface area contributed by atoms with Crippen molar-refractivity contribution in [1.29, 1.82) is 0 Å². The summed E-state index contributed by atoms with van der Waals surface area (Å²) in [5.41, 5.74) is 5.11. The topological polar surface area (TPSA) is 72.2 Å². The van der Waals surface area contributed by atoms with Crippen LogP contribution < -0.4 is 11.1 Å². The maximum atomic E-state index is 10.6. The molecule has 0 aliphatic heterocycles. The second kappa shape index (κ2) is 7.72. The number of nitrogens with one attached hydrogen (secondary N) is 1. The number of hydrogen-bond donors (Lipinski definition) is 2. The molecule has 5 heteroatoms. The van der Waals surface area contributed by atoms with Crippen LogP contribution in [0.4, 0.5) is 0 Å². The van der Waals surface area contributed by atoms with Crippen molar-refractivity contribution in [2.24, 2.45) is 5.73 Å². The van der Waals surface area contributed by atoms with Crippen LogP contribution in [-0.2, 0) is 26.7 Å². The summed E-state index contributed by atoms with van der Waals surface area (Å²) in [7, 11) is 0. The third kappa shape index (κ3) is 9.62. The third-order valence-electron chi connectivity index (χ3n) is 0.876. The first kappa shape index (κ1) is 13.2. The van der Waals surface area contributed by atoms with E-state index in [4.69, 9.17) is 5.73 Å². The molecule has 0 aromatic carbocycles. The van der Waals surface area contributed by atoms with Crippen LogP contribution in [0.1, 0.15) is 13.3 Å². The minimum atomic E-state index is -0.252. The van der Waals surface area contributed by atoms with Crippen LogP contribution in [0.25, 0.3) is 0 Å². The summed E-state index contributed by atoms with van der Waals surface area (Å²) in [4.78, 5) is 21.0. The van der Waals surface area contributed by atoms with Crippen molar-refractivity contribution in [2.45, 2.75) is 13.3 Å². The monoisotopic (exact) mass is 207 g/mol. The summed E-state index contributed by atoms with van der Waals surface area (Å²) in [5, 5.41) is 2.48. The second-order valence-corrected chi connectivity index (χ2v) is 2.02. The molecule has 0 saturated heterocycles. The molecule has 0 heterocycles. The van der Waals surface area contributed by atoms with E-state index in [1.807, 2.05) is 0 Å². The molecule has 1 amide bonds. The van der Waals surface area contributed by atoms with E-state index in [0.717, 1.165) is 0 Å². The van der Waals surface area contributed by atoms with Gasteiger partial charge in [0.2, 0.25) is 5.91 Å². The predicted molar refractivity (Wildman–Crippen MR) is 37.4 cm³/mol. The molecule has 0 aliphatic carbocycles. The van der Waals surface area contributed by atoms with Gasteiger partial charge in [-0.05, 0) is 6.92 Å². The van der Waals surface area contributed by atoms with Crippen LogP contribution in [0.2, 0.25) is 0 Å². The van der Waals surface area contributed by atoms with Crippen LogP contribution in [0.15, 0.2) is 0 Å². The first-order chi connectivity index (χ1) is 4.66. The zero-order valence-corrected chi connectivity index (χ0v) is 7.26. The van der Waals surface area contributed by atoms with Crippen molar-refractivity contribution in [3.05, 3.63) is 0 Å². The van der Waals surface area contributed by atoms with Crippen molar-refractivity contribution >= 4 is 11.7 Å². The summed E-state index contributed by atoms with van der Waals surface area (Å²) in [6.45, 7) is 2.22. The molecule has 11 heavy (non-hydrogen) atoms. The van der Waals surface area contributed by atoms with Crippen molar-refractivity contribution < 1.29 is 26.7 Å². The van der Waals surface area contributed by atoms with E-state index >= 15 is 0 Å². The standard InChI is InChI=1S/C6H12N2O2.Cu/c1-5(9)4-6(10)8-3-2-7;/h2-4,7H2,1H3,(H,8,10);. The maximum absolute atomic E-state index is 10.6. The predicted octanol–water partition coefficient (Wildman–Crippen LogP) is -0.962. The fourth-order valence-electron chi connectivity index (χ4n) is 0.500. The van der Waals surface area contributed by atoms with Gasteiger partial charge in [0.25, 0.3) is 0 Å². The summed E-state index contributed by atoms with van der Waals surface area (Å²) >= 11 is 0. The summed E-state index contributed by atoms with van der Waals surface area (Å²) in [6, 6.07) is 0. The number of carbonyl (C=O) groups excluding carboxylic acids is 2. The van der Waals surface area contributed by atoms with Crippen molar-refractivity contribution in [2.75, 3.05) is 13.1 Å². The van der Waals surface area contributed by atoms with Crippen molar-refractivity contribution in [3.63, 3.8) is 0 Å². The van der Waals surface area contributed by atoms with Crippen LogP contribution in [0, 0.1) is 0 Å². The van der Waals surface area contributed by atoms with Gasteiger partial charge in [-0.1, -0.05) is 0 Å². The van der Waals surface area contributed by atoms with Gasteiger partial charge in [-0.2, -0.15) is 0 Å². The van der Waals surface area contributed by atoms with E-state index in [2.05, 4.69) is 5.32 Å². The first-order valence-corrected chi connectivity index (χ1v) is 3.13. The number of nitrogens with two attached hydrogens (primary N) is 1. The quantitative estimate of drug-likeness (QED) is 0.461. The minimum Gasteiger partial charge on any atom is -0.354 e. The van der Waals surface area contributed by atoms with Gasteiger partial charge >= 0.3 is 0 Å². The zero-order valence-electron chi connectivity index (χ0n) is 6.32. The van der Waals surface area contributed by atoms with Crippen LogP contribution in [0.5, 0.6) is 0 Å². The zero-order chi connectivity index (χ0) is 7.98. The molecule has 0 fully saturated rings. The van der Waals surface area contributed by atoms with Crippen LogP contribution >= 0.6 is 0 Å². The van der Waals surface area contributed by atoms with Gasteiger partial charge in [0, 0.05) is 30.2 Å². The Labute approximate surface area is 76.4 Å². The van der Waals surface area contributed by atoms with Gasteiger partial charge in [0.05, 0.1) is 6.42 Å². The number of rotatable bonds is 4. The molecule has 0 rings (SSSR count).